The Morgan fingerprint density at radius 3 is 2.67 bits per heavy atom. The Bertz CT molecular complexity index is 685. The summed E-state index contributed by atoms with van der Waals surface area (Å²) in [4.78, 5) is 24.6. The molecule has 3 atom stereocenters. The Kier molecular flexibility index (Phi) is 4.18. The molecule has 2 aliphatic rings. The summed E-state index contributed by atoms with van der Waals surface area (Å²) in [6, 6.07) is 1.71. The Balaban J connectivity index is 2.01. The van der Waals surface area contributed by atoms with Crippen LogP contribution in [0.5, 0.6) is 0 Å². The van der Waals surface area contributed by atoms with Crippen LogP contribution in [0.3, 0.4) is 0 Å². The Morgan fingerprint density at radius 1 is 1.29 bits per heavy atom. The molecule has 3 rings (SSSR count). The third-order valence-corrected chi connectivity index (χ3v) is 6.58. The standard InChI is InChI=1S/C20H26O4/c1-13-6-7-16-15(5-4-9-19(16,2)18(22)23)20(13,3)11-17(21)14-8-10-24-12-14/h8,10,12-13H,4-7,9,11H2,1-3H3,(H,22,23). The smallest absolute Gasteiger partial charge is 0.313 e. The van der Waals surface area contributed by atoms with Gasteiger partial charge in [0.15, 0.2) is 5.78 Å². The number of ketones is 1. The van der Waals surface area contributed by atoms with E-state index in [1.165, 1.54) is 18.1 Å². The number of aliphatic carboxylic acids is 1. The fourth-order valence-electron chi connectivity index (χ4n) is 4.66. The zero-order valence-corrected chi connectivity index (χ0v) is 14.7. The first kappa shape index (κ1) is 17.0. The van der Waals surface area contributed by atoms with Gasteiger partial charge in [0, 0.05) is 6.42 Å². The minimum Gasteiger partial charge on any atom is -0.481 e. The second kappa shape index (κ2) is 5.91. The lowest BCUT2D eigenvalue weighted by molar-refractivity contribution is -0.146. The average molecular weight is 330 g/mol. The van der Waals surface area contributed by atoms with E-state index >= 15 is 0 Å². The number of carboxylic acids is 1. The molecule has 4 heteroatoms. The molecule has 0 bridgehead atoms. The summed E-state index contributed by atoms with van der Waals surface area (Å²) in [6.45, 7) is 6.20. The highest BCUT2D eigenvalue weighted by Crippen LogP contribution is 2.56. The number of furan rings is 1. The van der Waals surface area contributed by atoms with Crippen molar-refractivity contribution >= 4 is 11.8 Å². The third kappa shape index (κ3) is 2.52. The lowest BCUT2D eigenvalue weighted by Gasteiger charge is -2.49. The number of rotatable bonds is 4. The van der Waals surface area contributed by atoms with Crippen molar-refractivity contribution in [2.24, 2.45) is 16.7 Å². The van der Waals surface area contributed by atoms with Gasteiger partial charge in [-0.15, -0.1) is 0 Å². The predicted octanol–water partition coefficient (Wildman–Crippen LogP) is 4.86. The maximum Gasteiger partial charge on any atom is 0.313 e. The predicted molar refractivity (Wildman–Crippen MR) is 90.8 cm³/mol. The van der Waals surface area contributed by atoms with Gasteiger partial charge in [0.1, 0.15) is 6.26 Å². The molecular weight excluding hydrogens is 304 g/mol. The fourth-order valence-corrected chi connectivity index (χ4v) is 4.66. The van der Waals surface area contributed by atoms with Gasteiger partial charge >= 0.3 is 5.97 Å². The van der Waals surface area contributed by atoms with Crippen molar-refractivity contribution in [3.8, 4) is 0 Å². The van der Waals surface area contributed by atoms with Crippen LogP contribution in [0.15, 0.2) is 34.2 Å². The first-order valence-electron chi connectivity index (χ1n) is 8.81. The molecule has 0 radical (unpaired) electrons. The van der Waals surface area contributed by atoms with Crippen LogP contribution in [0.4, 0.5) is 0 Å². The zero-order chi connectivity index (χ0) is 17.5. The zero-order valence-electron chi connectivity index (χ0n) is 14.7. The topological polar surface area (TPSA) is 67.5 Å². The fraction of sp³-hybridized carbons (Fsp3) is 0.600. The molecule has 2 aliphatic carbocycles. The molecule has 0 aliphatic heterocycles. The summed E-state index contributed by atoms with van der Waals surface area (Å²) in [5.41, 5.74) is 1.89. The van der Waals surface area contributed by atoms with Crippen molar-refractivity contribution in [3.63, 3.8) is 0 Å². The van der Waals surface area contributed by atoms with Crippen LogP contribution >= 0.6 is 0 Å². The largest absolute Gasteiger partial charge is 0.481 e. The lowest BCUT2D eigenvalue weighted by Crippen LogP contribution is -2.42. The molecule has 24 heavy (non-hydrogen) atoms. The number of hydrogen-bond acceptors (Lipinski definition) is 3. The molecule has 0 saturated heterocycles. The van der Waals surface area contributed by atoms with Crippen molar-refractivity contribution in [3.05, 3.63) is 35.3 Å². The van der Waals surface area contributed by atoms with Crippen LogP contribution in [-0.2, 0) is 4.79 Å². The quantitative estimate of drug-likeness (QED) is 0.632. The van der Waals surface area contributed by atoms with Gasteiger partial charge in [0.05, 0.1) is 17.2 Å². The summed E-state index contributed by atoms with van der Waals surface area (Å²) in [5.74, 6) is -0.287. The number of carbonyl (C=O) groups excluding carboxylic acids is 1. The van der Waals surface area contributed by atoms with Gasteiger partial charge in [0.25, 0.3) is 0 Å². The maximum absolute atomic E-state index is 12.7. The summed E-state index contributed by atoms with van der Waals surface area (Å²) in [6.07, 6.45) is 7.71. The monoisotopic (exact) mass is 330 g/mol. The summed E-state index contributed by atoms with van der Waals surface area (Å²) in [7, 11) is 0. The summed E-state index contributed by atoms with van der Waals surface area (Å²) in [5, 5.41) is 9.79. The maximum atomic E-state index is 12.7. The van der Waals surface area contributed by atoms with Crippen LogP contribution in [0.1, 0.15) is 69.7 Å². The van der Waals surface area contributed by atoms with Crippen molar-refractivity contribution < 1.29 is 19.1 Å². The molecule has 1 aromatic heterocycles. The second-order valence-corrected chi connectivity index (χ2v) is 7.92. The Hall–Kier alpha value is -1.84. The summed E-state index contributed by atoms with van der Waals surface area (Å²) < 4.78 is 5.05. The van der Waals surface area contributed by atoms with Crippen LogP contribution in [0.2, 0.25) is 0 Å². The van der Waals surface area contributed by atoms with Gasteiger partial charge in [-0.1, -0.05) is 25.0 Å². The van der Waals surface area contributed by atoms with Crippen molar-refractivity contribution in [2.45, 2.75) is 59.3 Å². The first-order valence-corrected chi connectivity index (χ1v) is 8.81. The van der Waals surface area contributed by atoms with Crippen molar-refractivity contribution in [1.82, 2.24) is 0 Å². The van der Waals surface area contributed by atoms with Gasteiger partial charge in [-0.05, 0) is 56.4 Å². The van der Waals surface area contributed by atoms with E-state index < -0.39 is 11.4 Å². The van der Waals surface area contributed by atoms with E-state index in [1.807, 2.05) is 6.92 Å². The van der Waals surface area contributed by atoms with Gasteiger partial charge in [0.2, 0.25) is 0 Å². The Morgan fingerprint density at radius 2 is 2.04 bits per heavy atom. The molecule has 0 spiro atoms. The van der Waals surface area contributed by atoms with E-state index in [-0.39, 0.29) is 11.2 Å². The van der Waals surface area contributed by atoms with Crippen LogP contribution in [0.25, 0.3) is 0 Å². The SMILES string of the molecule is CC1CCC2=C(CCCC2(C)C(=O)O)C1(C)CC(=O)c1ccoc1. The van der Waals surface area contributed by atoms with E-state index in [4.69, 9.17) is 4.42 Å². The molecule has 4 nitrogen and oxygen atoms in total. The average Bonchev–Trinajstić information content (AvgIpc) is 3.06. The normalized spacial score (nSPS) is 33.2. The van der Waals surface area contributed by atoms with Crippen molar-refractivity contribution in [1.29, 1.82) is 0 Å². The second-order valence-electron chi connectivity index (χ2n) is 7.92. The molecule has 1 N–H and O–H groups in total. The molecule has 0 amide bonds. The van der Waals surface area contributed by atoms with Gasteiger partial charge in [-0.2, -0.15) is 0 Å². The molecule has 130 valence electrons. The van der Waals surface area contributed by atoms with Crippen LogP contribution < -0.4 is 0 Å². The molecule has 1 heterocycles. The lowest BCUT2D eigenvalue weighted by atomic mass is 9.55. The molecule has 0 aromatic carbocycles. The van der Waals surface area contributed by atoms with E-state index in [9.17, 15) is 14.7 Å². The highest BCUT2D eigenvalue weighted by atomic mass is 16.4. The van der Waals surface area contributed by atoms with E-state index in [2.05, 4.69) is 13.8 Å². The Labute approximate surface area is 142 Å². The minimum atomic E-state index is -0.770. The molecule has 0 saturated carbocycles. The molecule has 0 fully saturated rings. The number of carboxylic acid groups (broad SMARTS) is 1. The number of carbonyl (C=O) groups is 2. The van der Waals surface area contributed by atoms with Crippen LogP contribution in [-0.4, -0.2) is 16.9 Å². The summed E-state index contributed by atoms with van der Waals surface area (Å²) >= 11 is 0. The number of allylic oxidation sites excluding steroid dienone is 1. The van der Waals surface area contributed by atoms with Gasteiger partial charge in [-0.3, -0.25) is 9.59 Å². The van der Waals surface area contributed by atoms with Gasteiger partial charge in [-0.25, -0.2) is 0 Å². The molecule has 3 unspecified atom stereocenters. The van der Waals surface area contributed by atoms with E-state index in [1.54, 1.807) is 6.07 Å². The molecular formula is C20H26O4. The molecule has 1 aromatic rings. The van der Waals surface area contributed by atoms with E-state index in [0.717, 1.165) is 31.3 Å². The van der Waals surface area contributed by atoms with Crippen molar-refractivity contribution in [2.75, 3.05) is 0 Å². The number of hydrogen-bond donors (Lipinski definition) is 1. The van der Waals surface area contributed by atoms with Crippen LogP contribution in [0, 0.1) is 16.7 Å². The minimum absolute atomic E-state index is 0.0782. The van der Waals surface area contributed by atoms with Gasteiger partial charge < -0.3 is 9.52 Å². The third-order valence-electron chi connectivity index (χ3n) is 6.58. The highest BCUT2D eigenvalue weighted by Gasteiger charge is 2.49. The number of Topliss-reactive ketones (excluding diaryl/α,β-unsaturated/α-hetero) is 1. The highest BCUT2D eigenvalue weighted by molar-refractivity contribution is 5.96. The van der Waals surface area contributed by atoms with E-state index in [0.29, 0.717) is 24.3 Å². The first-order chi connectivity index (χ1) is 11.3.